The molecule has 5 heteroatoms. The van der Waals surface area contributed by atoms with Gasteiger partial charge in [0.05, 0.1) is 0 Å². The molecule has 0 atom stereocenters. The average molecular weight is 325 g/mol. The highest BCUT2D eigenvalue weighted by Gasteiger charge is 2.41. The van der Waals surface area contributed by atoms with Gasteiger partial charge in [0.2, 0.25) is 0 Å². The zero-order chi connectivity index (χ0) is 13.4. The van der Waals surface area contributed by atoms with E-state index < -0.39 is 5.97 Å². The Morgan fingerprint density at radius 1 is 1.42 bits per heavy atom. The molecule has 102 valence electrons. The maximum atomic E-state index is 11.2. The van der Waals surface area contributed by atoms with Crippen LogP contribution in [-0.2, 0) is 0 Å². The second-order valence-electron chi connectivity index (χ2n) is 5.57. The van der Waals surface area contributed by atoms with Gasteiger partial charge in [0.15, 0.2) is 0 Å². The van der Waals surface area contributed by atoms with E-state index in [1.807, 2.05) is 0 Å². The summed E-state index contributed by atoms with van der Waals surface area (Å²) < 4.78 is 0.691. The Labute approximate surface area is 120 Å². The van der Waals surface area contributed by atoms with Crippen LogP contribution in [0.2, 0.25) is 0 Å². The minimum absolute atomic E-state index is 0.236. The Morgan fingerprint density at radius 2 is 2.05 bits per heavy atom. The molecule has 2 fully saturated rings. The van der Waals surface area contributed by atoms with Crippen molar-refractivity contribution in [3.05, 3.63) is 22.3 Å². The number of carboxylic acid groups (broad SMARTS) is 1. The average Bonchev–Trinajstić information content (AvgIpc) is 3.25. The highest BCUT2D eigenvalue weighted by atomic mass is 79.9. The third-order valence-electron chi connectivity index (χ3n) is 4.04. The number of nitrogens with zero attached hydrogens (tertiary/aromatic N) is 1. The van der Waals surface area contributed by atoms with Gasteiger partial charge in [-0.05, 0) is 65.4 Å². The lowest BCUT2D eigenvalue weighted by atomic mass is 9.98. The van der Waals surface area contributed by atoms with Crippen LogP contribution < -0.4 is 5.32 Å². The van der Waals surface area contributed by atoms with Crippen LogP contribution in [0.4, 0.5) is 5.82 Å². The minimum atomic E-state index is -0.939. The van der Waals surface area contributed by atoms with E-state index in [4.69, 9.17) is 0 Å². The number of pyridine rings is 1. The Bertz CT molecular complexity index is 486. The molecule has 1 aromatic rings. The van der Waals surface area contributed by atoms with E-state index in [9.17, 15) is 9.90 Å². The van der Waals surface area contributed by atoms with Gasteiger partial charge in [-0.25, -0.2) is 9.78 Å². The number of rotatable bonds is 6. The third-order valence-corrected chi connectivity index (χ3v) is 4.48. The molecule has 2 aliphatic rings. The van der Waals surface area contributed by atoms with Gasteiger partial charge >= 0.3 is 5.97 Å². The molecular formula is C14H17BrN2O2. The van der Waals surface area contributed by atoms with Gasteiger partial charge < -0.3 is 10.4 Å². The van der Waals surface area contributed by atoms with Crippen LogP contribution in [0.25, 0.3) is 0 Å². The molecular weight excluding hydrogens is 308 g/mol. The first-order valence-corrected chi connectivity index (χ1v) is 7.57. The summed E-state index contributed by atoms with van der Waals surface area (Å²) in [4.78, 5) is 15.4. The Balaban J connectivity index is 1.70. The van der Waals surface area contributed by atoms with E-state index in [-0.39, 0.29) is 5.56 Å². The predicted octanol–water partition coefficient (Wildman–Crippen LogP) is 3.39. The molecule has 0 spiro atoms. The SMILES string of the molecule is O=C(O)c1cc(Br)cnc1NCC(C1CC1)C1CC1. The van der Waals surface area contributed by atoms with Crippen molar-refractivity contribution < 1.29 is 9.90 Å². The van der Waals surface area contributed by atoms with Crippen molar-refractivity contribution in [1.29, 1.82) is 0 Å². The van der Waals surface area contributed by atoms with Crippen molar-refractivity contribution in [1.82, 2.24) is 4.98 Å². The van der Waals surface area contributed by atoms with Crippen molar-refractivity contribution in [3.8, 4) is 0 Å². The molecule has 0 amide bonds. The van der Waals surface area contributed by atoms with Crippen molar-refractivity contribution in [2.45, 2.75) is 25.7 Å². The van der Waals surface area contributed by atoms with Gasteiger partial charge in [-0.3, -0.25) is 0 Å². The van der Waals surface area contributed by atoms with E-state index in [0.717, 1.165) is 18.4 Å². The summed E-state index contributed by atoms with van der Waals surface area (Å²) in [7, 11) is 0. The predicted molar refractivity (Wildman–Crippen MR) is 76.3 cm³/mol. The largest absolute Gasteiger partial charge is 0.478 e. The summed E-state index contributed by atoms with van der Waals surface area (Å²) >= 11 is 3.26. The monoisotopic (exact) mass is 324 g/mol. The van der Waals surface area contributed by atoms with Gasteiger partial charge in [0, 0.05) is 17.2 Å². The smallest absolute Gasteiger partial charge is 0.339 e. The first kappa shape index (κ1) is 12.9. The van der Waals surface area contributed by atoms with Crippen molar-refractivity contribution in [2.24, 2.45) is 17.8 Å². The fourth-order valence-corrected chi connectivity index (χ4v) is 3.06. The number of anilines is 1. The van der Waals surface area contributed by atoms with Crippen molar-refractivity contribution in [3.63, 3.8) is 0 Å². The zero-order valence-corrected chi connectivity index (χ0v) is 12.2. The van der Waals surface area contributed by atoms with Gasteiger partial charge in [-0.2, -0.15) is 0 Å². The summed E-state index contributed by atoms with van der Waals surface area (Å²) in [6.07, 6.45) is 6.98. The van der Waals surface area contributed by atoms with Crippen molar-refractivity contribution in [2.75, 3.05) is 11.9 Å². The molecule has 1 aromatic heterocycles. The molecule has 1 heterocycles. The first-order valence-electron chi connectivity index (χ1n) is 6.78. The maximum absolute atomic E-state index is 11.2. The maximum Gasteiger partial charge on any atom is 0.339 e. The lowest BCUT2D eigenvalue weighted by Crippen LogP contribution is -2.20. The van der Waals surface area contributed by atoms with Gasteiger partial charge in [-0.1, -0.05) is 0 Å². The Morgan fingerprint density at radius 3 is 2.58 bits per heavy atom. The molecule has 0 aliphatic heterocycles. The highest BCUT2D eigenvalue weighted by molar-refractivity contribution is 9.10. The van der Waals surface area contributed by atoms with E-state index in [0.29, 0.717) is 16.2 Å². The highest BCUT2D eigenvalue weighted by Crippen LogP contribution is 2.49. The van der Waals surface area contributed by atoms with Gasteiger partial charge in [0.25, 0.3) is 0 Å². The number of carbonyl (C=O) groups is 1. The summed E-state index contributed by atoms with van der Waals surface area (Å²) in [5.74, 6) is 1.95. The molecule has 0 saturated heterocycles. The van der Waals surface area contributed by atoms with Crippen LogP contribution in [0.15, 0.2) is 16.7 Å². The number of nitrogens with one attached hydrogen (secondary N) is 1. The third kappa shape index (κ3) is 3.08. The second-order valence-corrected chi connectivity index (χ2v) is 6.49. The number of aromatic nitrogens is 1. The topological polar surface area (TPSA) is 62.2 Å². The lowest BCUT2D eigenvalue weighted by molar-refractivity contribution is 0.0697. The van der Waals surface area contributed by atoms with Crippen LogP contribution >= 0.6 is 15.9 Å². The molecule has 0 radical (unpaired) electrons. The van der Waals surface area contributed by atoms with Gasteiger partial charge in [-0.15, -0.1) is 0 Å². The van der Waals surface area contributed by atoms with Crippen LogP contribution in [0.5, 0.6) is 0 Å². The molecule has 2 N–H and O–H groups in total. The fourth-order valence-electron chi connectivity index (χ4n) is 2.72. The number of hydrogen-bond donors (Lipinski definition) is 2. The van der Waals surface area contributed by atoms with Crippen LogP contribution in [0.3, 0.4) is 0 Å². The standard InChI is InChI=1S/C14H17BrN2O2/c15-10-5-11(14(18)19)13(16-6-10)17-7-12(8-1-2-8)9-3-4-9/h5-6,8-9,12H,1-4,7H2,(H,16,17)(H,18,19). The first-order chi connectivity index (χ1) is 9.15. The molecule has 19 heavy (non-hydrogen) atoms. The number of aromatic carboxylic acids is 1. The number of carboxylic acids is 1. The molecule has 3 rings (SSSR count). The Kier molecular flexibility index (Phi) is 3.48. The van der Waals surface area contributed by atoms with Crippen LogP contribution in [-0.4, -0.2) is 22.6 Å². The molecule has 2 saturated carbocycles. The summed E-state index contributed by atoms with van der Waals surface area (Å²) in [5, 5.41) is 12.4. The Hall–Kier alpha value is -1.10. The van der Waals surface area contributed by atoms with E-state index in [1.54, 1.807) is 12.3 Å². The molecule has 2 aliphatic carbocycles. The molecule has 0 aromatic carbocycles. The lowest BCUT2D eigenvalue weighted by Gasteiger charge is -2.17. The second kappa shape index (κ2) is 5.12. The van der Waals surface area contributed by atoms with Crippen LogP contribution in [0.1, 0.15) is 36.0 Å². The fraction of sp³-hybridized carbons (Fsp3) is 0.571. The van der Waals surface area contributed by atoms with Gasteiger partial charge in [0.1, 0.15) is 11.4 Å². The van der Waals surface area contributed by atoms with Crippen molar-refractivity contribution >= 4 is 27.7 Å². The summed E-state index contributed by atoms with van der Waals surface area (Å²) in [5.41, 5.74) is 0.236. The number of hydrogen-bond acceptors (Lipinski definition) is 3. The normalized spacial score (nSPS) is 18.6. The summed E-state index contributed by atoms with van der Waals surface area (Å²) in [6, 6.07) is 1.60. The quantitative estimate of drug-likeness (QED) is 0.842. The molecule has 0 bridgehead atoms. The van der Waals surface area contributed by atoms with Crippen LogP contribution in [0, 0.1) is 17.8 Å². The summed E-state index contributed by atoms with van der Waals surface area (Å²) in [6.45, 7) is 0.851. The minimum Gasteiger partial charge on any atom is -0.478 e. The number of halogens is 1. The molecule has 0 unspecified atom stereocenters. The zero-order valence-electron chi connectivity index (χ0n) is 10.6. The molecule has 4 nitrogen and oxygen atoms in total. The van der Waals surface area contributed by atoms with E-state index >= 15 is 0 Å². The van der Waals surface area contributed by atoms with E-state index in [1.165, 1.54) is 25.7 Å². The van der Waals surface area contributed by atoms with E-state index in [2.05, 4.69) is 26.2 Å².